The van der Waals surface area contributed by atoms with Crippen LogP contribution in [0.3, 0.4) is 0 Å². The van der Waals surface area contributed by atoms with E-state index in [1.54, 1.807) is 22.5 Å². The van der Waals surface area contributed by atoms with Crippen molar-refractivity contribution in [2.24, 2.45) is 0 Å². The highest BCUT2D eigenvalue weighted by Crippen LogP contribution is 2.21. The minimum atomic E-state index is -0.317. The summed E-state index contributed by atoms with van der Waals surface area (Å²) in [5.41, 5.74) is 3.30. The van der Waals surface area contributed by atoms with Crippen molar-refractivity contribution in [3.63, 3.8) is 0 Å². The Morgan fingerprint density at radius 1 is 1.03 bits per heavy atom. The van der Waals surface area contributed by atoms with Crippen molar-refractivity contribution in [2.75, 3.05) is 11.9 Å². The molecular weight excluding hydrogens is 368 g/mol. The van der Waals surface area contributed by atoms with Crippen LogP contribution in [0.2, 0.25) is 0 Å². The van der Waals surface area contributed by atoms with Crippen LogP contribution in [0.15, 0.2) is 36.5 Å². The molecule has 0 spiro atoms. The molecule has 2 amide bonds. The van der Waals surface area contributed by atoms with E-state index in [4.69, 9.17) is 0 Å². The maximum absolute atomic E-state index is 13.1. The standard InChI is InChI=1S/C21H26N6O2/c1-5-12-22-21(29)19-17(13-26(6-2)25-19)23-20(28)18-14(3)24-27(15(18)4)16-10-8-7-9-11-16/h7-11,13H,5-6,12H2,1-4H3,(H,22,29)(H,23,28). The summed E-state index contributed by atoms with van der Waals surface area (Å²) < 4.78 is 3.37. The summed E-state index contributed by atoms with van der Waals surface area (Å²) in [4.78, 5) is 25.5. The van der Waals surface area contributed by atoms with E-state index in [0.717, 1.165) is 17.8 Å². The van der Waals surface area contributed by atoms with Gasteiger partial charge in [-0.05, 0) is 39.3 Å². The lowest BCUT2D eigenvalue weighted by atomic mass is 10.1. The fraction of sp³-hybridized carbons (Fsp3) is 0.333. The van der Waals surface area contributed by atoms with Crippen LogP contribution in [0, 0.1) is 13.8 Å². The summed E-state index contributed by atoms with van der Waals surface area (Å²) in [5, 5.41) is 14.5. The van der Waals surface area contributed by atoms with E-state index < -0.39 is 0 Å². The molecule has 0 aliphatic heterocycles. The molecule has 0 atom stereocenters. The summed E-state index contributed by atoms with van der Waals surface area (Å²) in [5.74, 6) is -0.620. The molecule has 0 bridgehead atoms. The Hall–Kier alpha value is -3.42. The van der Waals surface area contributed by atoms with E-state index in [-0.39, 0.29) is 17.5 Å². The highest BCUT2D eigenvalue weighted by atomic mass is 16.2. The summed E-state index contributed by atoms with van der Waals surface area (Å²) in [7, 11) is 0. The molecule has 2 N–H and O–H groups in total. The molecule has 29 heavy (non-hydrogen) atoms. The van der Waals surface area contributed by atoms with Crippen LogP contribution in [-0.2, 0) is 6.54 Å². The average Bonchev–Trinajstić information content (AvgIpc) is 3.26. The van der Waals surface area contributed by atoms with Gasteiger partial charge >= 0.3 is 0 Å². The van der Waals surface area contributed by atoms with Gasteiger partial charge in [-0.25, -0.2) is 4.68 Å². The SMILES string of the molecule is CCCNC(=O)c1nn(CC)cc1NC(=O)c1c(C)nn(-c2ccccc2)c1C. The van der Waals surface area contributed by atoms with Crippen molar-refractivity contribution in [2.45, 2.75) is 40.7 Å². The third-order valence-electron chi connectivity index (χ3n) is 4.60. The third kappa shape index (κ3) is 4.21. The summed E-state index contributed by atoms with van der Waals surface area (Å²) in [6.07, 6.45) is 2.49. The van der Waals surface area contributed by atoms with Gasteiger partial charge in [0.2, 0.25) is 0 Å². The number of nitrogens with one attached hydrogen (secondary N) is 2. The van der Waals surface area contributed by atoms with Crippen molar-refractivity contribution in [1.82, 2.24) is 24.9 Å². The number of hydrogen-bond acceptors (Lipinski definition) is 4. The first-order chi connectivity index (χ1) is 14.0. The number of nitrogens with zero attached hydrogens (tertiary/aromatic N) is 4. The molecule has 0 saturated carbocycles. The van der Waals surface area contributed by atoms with Crippen molar-refractivity contribution in [1.29, 1.82) is 0 Å². The first-order valence-electron chi connectivity index (χ1n) is 9.74. The van der Waals surface area contributed by atoms with Crippen LogP contribution in [0.25, 0.3) is 5.69 Å². The topological polar surface area (TPSA) is 93.8 Å². The molecule has 2 aromatic heterocycles. The number of carbonyl (C=O) groups is 2. The third-order valence-corrected chi connectivity index (χ3v) is 4.60. The van der Waals surface area contributed by atoms with Gasteiger partial charge in [-0.1, -0.05) is 25.1 Å². The molecule has 8 nitrogen and oxygen atoms in total. The quantitative estimate of drug-likeness (QED) is 0.644. The monoisotopic (exact) mass is 394 g/mol. The number of benzene rings is 1. The zero-order valence-electron chi connectivity index (χ0n) is 17.2. The van der Waals surface area contributed by atoms with Gasteiger partial charge in [0, 0.05) is 19.3 Å². The van der Waals surface area contributed by atoms with Crippen molar-refractivity contribution >= 4 is 17.5 Å². The molecule has 0 aliphatic carbocycles. The second kappa shape index (κ2) is 8.72. The molecule has 8 heteroatoms. The molecule has 0 saturated heterocycles. The average molecular weight is 394 g/mol. The first kappa shape index (κ1) is 20.3. The lowest BCUT2D eigenvalue weighted by Crippen LogP contribution is -2.26. The van der Waals surface area contributed by atoms with Gasteiger partial charge < -0.3 is 10.6 Å². The van der Waals surface area contributed by atoms with Gasteiger partial charge in [0.15, 0.2) is 5.69 Å². The Bertz CT molecular complexity index is 1020. The van der Waals surface area contributed by atoms with Gasteiger partial charge in [0.1, 0.15) is 0 Å². The summed E-state index contributed by atoms with van der Waals surface area (Å²) in [6, 6.07) is 9.64. The molecule has 0 unspecified atom stereocenters. The maximum Gasteiger partial charge on any atom is 0.273 e. The first-order valence-corrected chi connectivity index (χ1v) is 9.74. The number of aromatic nitrogens is 4. The molecule has 152 valence electrons. The molecule has 0 fully saturated rings. The number of anilines is 1. The van der Waals surface area contributed by atoms with Crippen molar-refractivity contribution in [3.8, 4) is 5.69 Å². The second-order valence-electron chi connectivity index (χ2n) is 6.75. The smallest absolute Gasteiger partial charge is 0.273 e. The van der Waals surface area contributed by atoms with Crippen LogP contribution in [0.4, 0.5) is 5.69 Å². The normalized spacial score (nSPS) is 10.8. The van der Waals surface area contributed by atoms with Gasteiger partial charge in [0.05, 0.1) is 28.3 Å². The van der Waals surface area contributed by atoms with E-state index in [2.05, 4.69) is 20.8 Å². The van der Waals surface area contributed by atoms with Crippen LogP contribution < -0.4 is 10.6 Å². The predicted molar refractivity (Wildman–Crippen MR) is 112 cm³/mol. The molecule has 3 rings (SSSR count). The Balaban J connectivity index is 1.91. The lowest BCUT2D eigenvalue weighted by Gasteiger charge is -2.07. The van der Waals surface area contributed by atoms with Gasteiger partial charge in [0.25, 0.3) is 11.8 Å². The molecule has 0 radical (unpaired) electrons. The van der Waals surface area contributed by atoms with E-state index in [0.29, 0.717) is 30.0 Å². The van der Waals surface area contributed by atoms with Gasteiger partial charge in [-0.3, -0.25) is 14.3 Å². The lowest BCUT2D eigenvalue weighted by molar-refractivity contribution is 0.0948. The number of amides is 2. The second-order valence-corrected chi connectivity index (χ2v) is 6.75. The minimum absolute atomic E-state index is 0.208. The highest BCUT2D eigenvalue weighted by molar-refractivity contribution is 6.09. The maximum atomic E-state index is 13.1. The van der Waals surface area contributed by atoms with Crippen LogP contribution in [0.5, 0.6) is 0 Å². The fourth-order valence-corrected chi connectivity index (χ4v) is 3.14. The van der Waals surface area contributed by atoms with Gasteiger partial charge in [-0.2, -0.15) is 10.2 Å². The summed E-state index contributed by atoms with van der Waals surface area (Å²) in [6.45, 7) is 8.69. The number of aryl methyl sites for hydroxylation is 2. The Kier molecular flexibility index (Phi) is 6.11. The largest absolute Gasteiger partial charge is 0.351 e. The number of carbonyl (C=O) groups excluding carboxylic acids is 2. The van der Waals surface area contributed by atoms with E-state index in [1.165, 1.54) is 0 Å². The fourth-order valence-electron chi connectivity index (χ4n) is 3.14. The van der Waals surface area contributed by atoms with Crippen molar-refractivity contribution in [3.05, 3.63) is 59.2 Å². The number of hydrogen-bond donors (Lipinski definition) is 2. The number of para-hydroxylation sites is 1. The molecule has 2 heterocycles. The highest BCUT2D eigenvalue weighted by Gasteiger charge is 2.23. The van der Waals surface area contributed by atoms with Crippen LogP contribution in [-0.4, -0.2) is 37.9 Å². The Morgan fingerprint density at radius 3 is 2.41 bits per heavy atom. The molecule has 0 aliphatic rings. The molecule has 3 aromatic rings. The Morgan fingerprint density at radius 2 is 1.76 bits per heavy atom. The predicted octanol–water partition coefficient (Wildman–Crippen LogP) is 3.10. The summed E-state index contributed by atoms with van der Waals surface area (Å²) >= 11 is 0. The Labute approximate surface area is 169 Å². The molecule has 1 aromatic carbocycles. The zero-order chi connectivity index (χ0) is 21.0. The van der Waals surface area contributed by atoms with Crippen LogP contribution in [0.1, 0.15) is 52.5 Å². The van der Waals surface area contributed by atoms with E-state index in [1.807, 2.05) is 51.1 Å². The van der Waals surface area contributed by atoms with Gasteiger partial charge in [-0.15, -0.1) is 0 Å². The minimum Gasteiger partial charge on any atom is -0.351 e. The van der Waals surface area contributed by atoms with E-state index in [9.17, 15) is 9.59 Å². The number of rotatable bonds is 7. The molecular formula is C21H26N6O2. The van der Waals surface area contributed by atoms with Crippen molar-refractivity contribution < 1.29 is 9.59 Å². The van der Waals surface area contributed by atoms with Crippen LogP contribution >= 0.6 is 0 Å². The van der Waals surface area contributed by atoms with E-state index >= 15 is 0 Å². The zero-order valence-corrected chi connectivity index (χ0v) is 17.2.